The zero-order chi connectivity index (χ0) is 30.0. The van der Waals surface area contributed by atoms with Gasteiger partial charge in [-0.25, -0.2) is 0 Å². The van der Waals surface area contributed by atoms with E-state index in [-0.39, 0.29) is 37.6 Å². The van der Waals surface area contributed by atoms with Gasteiger partial charge in [0.1, 0.15) is 0 Å². The van der Waals surface area contributed by atoms with Gasteiger partial charge < -0.3 is 23.8 Å². The molecule has 1 aliphatic heterocycles. The molecule has 0 saturated carbocycles. The van der Waals surface area contributed by atoms with E-state index in [2.05, 4.69) is 0 Å². The lowest BCUT2D eigenvalue weighted by Gasteiger charge is -2.35. The third-order valence-corrected chi connectivity index (χ3v) is 7.46. The molecule has 0 N–H and O–H groups in total. The highest BCUT2D eigenvalue weighted by Gasteiger charge is 2.32. The van der Waals surface area contributed by atoms with Gasteiger partial charge in [-0.3, -0.25) is 9.59 Å². The van der Waals surface area contributed by atoms with Crippen molar-refractivity contribution >= 4 is 11.8 Å². The Morgan fingerprint density at radius 3 is 2.00 bits per heavy atom. The average molecular weight is 578 g/mol. The summed E-state index contributed by atoms with van der Waals surface area (Å²) in [6.45, 7) is 2.81. The van der Waals surface area contributed by atoms with Gasteiger partial charge in [0.05, 0.1) is 31.0 Å². The number of piperazine rings is 1. The van der Waals surface area contributed by atoms with Crippen molar-refractivity contribution in [3.63, 3.8) is 0 Å². The van der Waals surface area contributed by atoms with Gasteiger partial charge in [0.25, 0.3) is 11.8 Å². The van der Waals surface area contributed by atoms with Crippen LogP contribution in [0.4, 0.5) is 13.2 Å². The van der Waals surface area contributed by atoms with Crippen LogP contribution in [0.15, 0.2) is 78.9 Å². The lowest BCUT2D eigenvalue weighted by Crippen LogP contribution is -2.50. The number of nitrogens with zero attached hydrogens (tertiary/aromatic N) is 3. The largest absolute Gasteiger partial charge is 0.493 e. The molecule has 0 bridgehead atoms. The summed E-state index contributed by atoms with van der Waals surface area (Å²) in [6.07, 6.45) is -4.54. The summed E-state index contributed by atoms with van der Waals surface area (Å²) in [4.78, 5) is 29.9. The molecule has 2 heterocycles. The lowest BCUT2D eigenvalue weighted by molar-refractivity contribution is -0.137. The van der Waals surface area contributed by atoms with Gasteiger partial charge in [0, 0.05) is 49.2 Å². The Kier molecular flexibility index (Phi) is 7.98. The zero-order valence-corrected chi connectivity index (χ0v) is 23.4. The van der Waals surface area contributed by atoms with E-state index in [4.69, 9.17) is 9.47 Å². The summed E-state index contributed by atoms with van der Waals surface area (Å²) in [5.41, 5.74) is 2.88. The van der Waals surface area contributed by atoms with E-state index in [1.54, 1.807) is 19.1 Å². The van der Waals surface area contributed by atoms with E-state index in [1.807, 2.05) is 66.1 Å². The molecule has 10 heteroatoms. The first-order valence-electron chi connectivity index (χ1n) is 13.4. The van der Waals surface area contributed by atoms with Crippen LogP contribution in [-0.4, -0.2) is 66.6 Å². The van der Waals surface area contributed by atoms with Gasteiger partial charge >= 0.3 is 6.18 Å². The van der Waals surface area contributed by atoms with Crippen LogP contribution >= 0.6 is 0 Å². The molecule has 4 aromatic rings. The Morgan fingerprint density at radius 2 is 1.38 bits per heavy atom. The van der Waals surface area contributed by atoms with Crippen molar-refractivity contribution in [1.82, 2.24) is 14.4 Å². The molecule has 0 atom stereocenters. The number of amides is 2. The van der Waals surface area contributed by atoms with Gasteiger partial charge in [-0.1, -0.05) is 36.4 Å². The molecule has 0 radical (unpaired) electrons. The molecule has 2 amide bonds. The monoisotopic (exact) mass is 577 g/mol. The molecule has 0 aliphatic carbocycles. The lowest BCUT2D eigenvalue weighted by atomic mass is 10.1. The van der Waals surface area contributed by atoms with Crippen molar-refractivity contribution in [3.8, 4) is 28.4 Å². The molecule has 42 heavy (non-hydrogen) atoms. The second-order valence-corrected chi connectivity index (χ2v) is 9.93. The smallest absolute Gasteiger partial charge is 0.416 e. The normalized spacial score (nSPS) is 13.7. The van der Waals surface area contributed by atoms with Crippen molar-refractivity contribution in [3.05, 3.63) is 101 Å². The third kappa shape index (κ3) is 5.57. The fraction of sp³-hybridized carbons (Fsp3) is 0.250. The first kappa shape index (κ1) is 28.8. The molecular formula is C32H30F3N3O4. The van der Waals surface area contributed by atoms with Crippen LogP contribution in [0.3, 0.4) is 0 Å². The zero-order valence-electron chi connectivity index (χ0n) is 23.4. The van der Waals surface area contributed by atoms with Crippen LogP contribution in [0.1, 0.15) is 32.0 Å². The summed E-state index contributed by atoms with van der Waals surface area (Å²) in [5, 5.41) is 0. The van der Waals surface area contributed by atoms with E-state index >= 15 is 0 Å². The molecule has 3 aromatic carbocycles. The van der Waals surface area contributed by atoms with E-state index in [0.717, 1.165) is 34.8 Å². The number of hydrogen-bond donors (Lipinski definition) is 0. The Balaban J connectivity index is 1.41. The fourth-order valence-electron chi connectivity index (χ4n) is 5.24. The molecule has 1 aliphatic rings. The number of hydrogen-bond acceptors (Lipinski definition) is 4. The Morgan fingerprint density at radius 1 is 0.738 bits per heavy atom. The first-order valence-corrected chi connectivity index (χ1v) is 13.4. The van der Waals surface area contributed by atoms with Crippen LogP contribution in [0, 0.1) is 6.92 Å². The maximum atomic E-state index is 13.8. The molecule has 0 spiro atoms. The summed E-state index contributed by atoms with van der Waals surface area (Å²) in [5.74, 6) is 0.461. The topological polar surface area (TPSA) is 64.0 Å². The van der Waals surface area contributed by atoms with E-state index < -0.39 is 17.6 Å². The average Bonchev–Trinajstić information content (AvgIpc) is 3.36. The number of aromatic nitrogens is 1. The molecule has 7 nitrogen and oxygen atoms in total. The van der Waals surface area contributed by atoms with Crippen molar-refractivity contribution in [2.75, 3.05) is 40.4 Å². The van der Waals surface area contributed by atoms with Crippen LogP contribution < -0.4 is 9.47 Å². The number of alkyl halides is 3. The third-order valence-electron chi connectivity index (χ3n) is 7.46. The SMILES string of the molecule is COc1ccc(-n2c(-c3ccccc3)cc(C(=O)N3CCN(C(=O)c4cccc(C(F)(F)F)c4)CC3)c2C)cc1OC. The van der Waals surface area contributed by atoms with E-state index in [0.29, 0.717) is 17.1 Å². The number of rotatable bonds is 6. The van der Waals surface area contributed by atoms with E-state index in [9.17, 15) is 22.8 Å². The highest BCUT2D eigenvalue weighted by atomic mass is 19.4. The van der Waals surface area contributed by atoms with Gasteiger partial charge in [0.15, 0.2) is 11.5 Å². The van der Waals surface area contributed by atoms with Crippen LogP contribution in [0.5, 0.6) is 11.5 Å². The van der Waals surface area contributed by atoms with Crippen molar-refractivity contribution in [2.24, 2.45) is 0 Å². The predicted molar refractivity (Wildman–Crippen MR) is 152 cm³/mol. The number of carbonyl (C=O) groups excluding carboxylic acids is 2. The minimum Gasteiger partial charge on any atom is -0.493 e. The number of halogens is 3. The summed E-state index contributed by atoms with van der Waals surface area (Å²) < 4.78 is 52.3. The minimum atomic E-state index is -4.54. The summed E-state index contributed by atoms with van der Waals surface area (Å²) in [6, 6.07) is 21.6. The number of ether oxygens (including phenoxy) is 2. The van der Waals surface area contributed by atoms with Crippen LogP contribution in [-0.2, 0) is 6.18 Å². The standard InChI is InChI=1S/C32H30F3N3O4/c1-21-26(20-27(22-8-5-4-6-9-22)38(21)25-12-13-28(41-2)29(19-25)42-3)31(40)37-16-14-36(15-17-37)30(39)23-10-7-11-24(18-23)32(33,34)35/h4-13,18-20H,14-17H2,1-3H3. The number of benzene rings is 3. The first-order chi connectivity index (χ1) is 20.1. The Bertz CT molecular complexity index is 1610. The van der Waals surface area contributed by atoms with Crippen LogP contribution in [0.2, 0.25) is 0 Å². The Labute approximate surface area is 241 Å². The van der Waals surface area contributed by atoms with Gasteiger partial charge in [-0.15, -0.1) is 0 Å². The van der Waals surface area contributed by atoms with Gasteiger partial charge in [0.2, 0.25) is 0 Å². The molecular weight excluding hydrogens is 547 g/mol. The van der Waals surface area contributed by atoms with Crippen LogP contribution in [0.25, 0.3) is 16.9 Å². The molecule has 1 fully saturated rings. The quantitative estimate of drug-likeness (QED) is 0.279. The molecule has 0 unspecified atom stereocenters. The molecule has 1 saturated heterocycles. The second-order valence-electron chi connectivity index (χ2n) is 9.93. The molecule has 5 rings (SSSR count). The Hall–Kier alpha value is -4.73. The summed E-state index contributed by atoms with van der Waals surface area (Å²) in [7, 11) is 3.13. The van der Waals surface area contributed by atoms with Crippen molar-refractivity contribution in [1.29, 1.82) is 0 Å². The minimum absolute atomic E-state index is 0.0278. The maximum absolute atomic E-state index is 13.8. The van der Waals surface area contributed by atoms with Crippen molar-refractivity contribution < 1.29 is 32.2 Å². The predicted octanol–water partition coefficient (Wildman–Crippen LogP) is 6.09. The van der Waals surface area contributed by atoms with Gasteiger partial charge in [-0.05, 0) is 48.9 Å². The highest BCUT2D eigenvalue weighted by Crippen LogP contribution is 2.35. The van der Waals surface area contributed by atoms with Crippen molar-refractivity contribution in [2.45, 2.75) is 13.1 Å². The highest BCUT2D eigenvalue weighted by molar-refractivity contribution is 5.98. The number of carbonyl (C=O) groups is 2. The fourth-order valence-corrected chi connectivity index (χ4v) is 5.24. The van der Waals surface area contributed by atoms with E-state index in [1.165, 1.54) is 17.0 Å². The van der Waals surface area contributed by atoms with Gasteiger partial charge in [-0.2, -0.15) is 13.2 Å². The number of methoxy groups -OCH3 is 2. The molecule has 218 valence electrons. The maximum Gasteiger partial charge on any atom is 0.416 e. The second kappa shape index (κ2) is 11.6. The summed E-state index contributed by atoms with van der Waals surface area (Å²) >= 11 is 0. The molecule has 1 aromatic heterocycles.